The molecule has 0 aliphatic carbocycles. The molecule has 1 saturated heterocycles. The maximum atomic E-state index is 4.31. The molecule has 1 aliphatic rings. The molecular formula is C17H29N3. The summed E-state index contributed by atoms with van der Waals surface area (Å²) in [5, 5.41) is 3.66. The van der Waals surface area contributed by atoms with Crippen LogP contribution in [0.3, 0.4) is 0 Å². The standard InChI is InChI=1S/C17H29N3/c1-4-7-19-15(3)17-6-5-8-20(13-17)12-16-9-14(2)10-18-11-16/h9-11,15,17,19H,4-8,12-13H2,1-3H3. The number of aromatic nitrogens is 1. The Hall–Kier alpha value is -0.930. The van der Waals surface area contributed by atoms with Gasteiger partial charge in [0.25, 0.3) is 0 Å². The largest absolute Gasteiger partial charge is 0.314 e. The molecule has 1 fully saturated rings. The van der Waals surface area contributed by atoms with Gasteiger partial charge in [-0.15, -0.1) is 0 Å². The molecule has 2 heterocycles. The smallest absolute Gasteiger partial charge is 0.0313 e. The summed E-state index contributed by atoms with van der Waals surface area (Å²) in [7, 11) is 0. The Morgan fingerprint density at radius 1 is 1.45 bits per heavy atom. The van der Waals surface area contributed by atoms with E-state index >= 15 is 0 Å². The first-order valence-corrected chi connectivity index (χ1v) is 8.05. The van der Waals surface area contributed by atoms with Gasteiger partial charge < -0.3 is 5.32 Å². The van der Waals surface area contributed by atoms with Crippen molar-refractivity contribution in [1.29, 1.82) is 0 Å². The Balaban J connectivity index is 1.87. The molecule has 2 atom stereocenters. The first-order chi connectivity index (χ1) is 9.69. The minimum Gasteiger partial charge on any atom is -0.314 e. The van der Waals surface area contributed by atoms with Crippen molar-refractivity contribution in [2.75, 3.05) is 19.6 Å². The second kappa shape index (κ2) is 7.75. The van der Waals surface area contributed by atoms with E-state index in [1.54, 1.807) is 0 Å². The first kappa shape index (κ1) is 15.5. The van der Waals surface area contributed by atoms with Crippen LogP contribution in [-0.2, 0) is 6.54 Å². The van der Waals surface area contributed by atoms with E-state index in [0.717, 1.165) is 19.0 Å². The van der Waals surface area contributed by atoms with Gasteiger partial charge >= 0.3 is 0 Å². The fourth-order valence-electron chi connectivity index (χ4n) is 3.14. The summed E-state index contributed by atoms with van der Waals surface area (Å²) in [6.07, 6.45) is 7.84. The Bertz CT molecular complexity index is 405. The number of nitrogens with one attached hydrogen (secondary N) is 1. The van der Waals surface area contributed by atoms with Crippen molar-refractivity contribution in [3.8, 4) is 0 Å². The van der Waals surface area contributed by atoms with Crippen LogP contribution in [0.5, 0.6) is 0 Å². The quantitative estimate of drug-likeness (QED) is 0.865. The summed E-state index contributed by atoms with van der Waals surface area (Å²) in [6.45, 7) is 11.3. The van der Waals surface area contributed by atoms with Gasteiger partial charge in [-0.1, -0.05) is 13.0 Å². The molecule has 2 unspecified atom stereocenters. The summed E-state index contributed by atoms with van der Waals surface area (Å²) >= 11 is 0. The zero-order valence-corrected chi connectivity index (χ0v) is 13.2. The van der Waals surface area contributed by atoms with E-state index in [-0.39, 0.29) is 0 Å². The molecule has 0 bridgehead atoms. The Morgan fingerprint density at radius 3 is 3.05 bits per heavy atom. The fraction of sp³-hybridized carbons (Fsp3) is 0.706. The van der Waals surface area contributed by atoms with Gasteiger partial charge in [-0.25, -0.2) is 0 Å². The maximum Gasteiger partial charge on any atom is 0.0313 e. The normalized spacial score (nSPS) is 21.9. The molecule has 3 heteroatoms. The van der Waals surface area contributed by atoms with Crippen molar-refractivity contribution in [3.63, 3.8) is 0 Å². The van der Waals surface area contributed by atoms with E-state index in [1.165, 1.54) is 43.5 Å². The number of piperidine rings is 1. The maximum absolute atomic E-state index is 4.31. The second-order valence-corrected chi connectivity index (χ2v) is 6.25. The number of likely N-dealkylation sites (tertiary alicyclic amines) is 1. The molecule has 20 heavy (non-hydrogen) atoms. The van der Waals surface area contributed by atoms with Crippen molar-refractivity contribution < 1.29 is 0 Å². The van der Waals surface area contributed by atoms with Crippen LogP contribution in [0.15, 0.2) is 18.5 Å². The van der Waals surface area contributed by atoms with Crippen LogP contribution >= 0.6 is 0 Å². The molecule has 0 spiro atoms. The molecule has 2 rings (SSSR count). The van der Waals surface area contributed by atoms with Gasteiger partial charge in [0.05, 0.1) is 0 Å². The highest BCUT2D eigenvalue weighted by Crippen LogP contribution is 2.21. The highest BCUT2D eigenvalue weighted by molar-refractivity contribution is 5.16. The third-order valence-corrected chi connectivity index (χ3v) is 4.30. The van der Waals surface area contributed by atoms with E-state index in [1.807, 2.05) is 12.4 Å². The molecule has 3 nitrogen and oxygen atoms in total. The number of aryl methyl sites for hydroxylation is 1. The van der Waals surface area contributed by atoms with E-state index < -0.39 is 0 Å². The highest BCUT2D eigenvalue weighted by Gasteiger charge is 2.24. The monoisotopic (exact) mass is 275 g/mol. The summed E-state index contributed by atoms with van der Waals surface area (Å²) in [4.78, 5) is 6.90. The second-order valence-electron chi connectivity index (χ2n) is 6.25. The summed E-state index contributed by atoms with van der Waals surface area (Å²) in [6, 6.07) is 2.89. The average molecular weight is 275 g/mol. The first-order valence-electron chi connectivity index (χ1n) is 8.05. The predicted molar refractivity (Wildman–Crippen MR) is 84.7 cm³/mol. The number of nitrogens with zero attached hydrogens (tertiary/aromatic N) is 2. The van der Waals surface area contributed by atoms with E-state index in [4.69, 9.17) is 0 Å². The van der Waals surface area contributed by atoms with Crippen molar-refractivity contribution in [2.45, 2.75) is 52.6 Å². The van der Waals surface area contributed by atoms with Gasteiger partial charge in [0.1, 0.15) is 0 Å². The van der Waals surface area contributed by atoms with E-state index in [0.29, 0.717) is 6.04 Å². The van der Waals surface area contributed by atoms with Crippen molar-refractivity contribution >= 4 is 0 Å². The third-order valence-electron chi connectivity index (χ3n) is 4.30. The molecule has 1 aromatic rings. The van der Waals surface area contributed by atoms with E-state index in [9.17, 15) is 0 Å². The van der Waals surface area contributed by atoms with E-state index in [2.05, 4.69) is 42.0 Å². The van der Waals surface area contributed by atoms with Crippen molar-refractivity contribution in [1.82, 2.24) is 15.2 Å². The highest BCUT2D eigenvalue weighted by atomic mass is 15.1. The third kappa shape index (κ3) is 4.57. The zero-order chi connectivity index (χ0) is 14.4. The zero-order valence-electron chi connectivity index (χ0n) is 13.2. The van der Waals surface area contributed by atoms with Crippen molar-refractivity contribution in [2.24, 2.45) is 5.92 Å². The van der Waals surface area contributed by atoms with Gasteiger partial charge in [-0.3, -0.25) is 9.88 Å². The average Bonchev–Trinajstić information content (AvgIpc) is 2.45. The molecule has 0 aromatic carbocycles. The molecule has 1 aromatic heterocycles. The van der Waals surface area contributed by atoms with Crippen LogP contribution in [-0.4, -0.2) is 35.6 Å². The molecule has 0 amide bonds. The molecule has 0 radical (unpaired) electrons. The van der Waals surface area contributed by atoms with Gasteiger partial charge in [0.15, 0.2) is 0 Å². The molecule has 1 aliphatic heterocycles. The predicted octanol–water partition coefficient (Wildman–Crippen LogP) is 2.99. The van der Waals surface area contributed by atoms with Gasteiger partial charge in [-0.05, 0) is 63.2 Å². The summed E-state index contributed by atoms with van der Waals surface area (Å²) in [5.74, 6) is 0.785. The van der Waals surface area contributed by atoms with Crippen LogP contribution in [0.1, 0.15) is 44.2 Å². The van der Waals surface area contributed by atoms with Crippen molar-refractivity contribution in [3.05, 3.63) is 29.6 Å². The molecular weight excluding hydrogens is 246 g/mol. The number of hydrogen-bond donors (Lipinski definition) is 1. The fourth-order valence-corrected chi connectivity index (χ4v) is 3.14. The number of pyridine rings is 1. The Morgan fingerprint density at radius 2 is 2.30 bits per heavy atom. The van der Waals surface area contributed by atoms with Crippen LogP contribution in [0, 0.1) is 12.8 Å². The molecule has 0 saturated carbocycles. The van der Waals surface area contributed by atoms with Gasteiger partial charge in [0.2, 0.25) is 0 Å². The lowest BCUT2D eigenvalue weighted by Crippen LogP contribution is -2.44. The number of rotatable bonds is 6. The van der Waals surface area contributed by atoms with Crippen LogP contribution in [0.25, 0.3) is 0 Å². The van der Waals surface area contributed by atoms with Gasteiger partial charge in [0, 0.05) is 31.5 Å². The Kier molecular flexibility index (Phi) is 5.99. The lowest BCUT2D eigenvalue weighted by atomic mass is 9.91. The van der Waals surface area contributed by atoms with Crippen LogP contribution in [0.4, 0.5) is 0 Å². The summed E-state index contributed by atoms with van der Waals surface area (Å²) in [5.41, 5.74) is 2.61. The number of hydrogen-bond acceptors (Lipinski definition) is 3. The lowest BCUT2D eigenvalue weighted by molar-refractivity contribution is 0.144. The SMILES string of the molecule is CCCNC(C)C1CCCN(Cc2cncc(C)c2)C1. The Labute approximate surface area is 123 Å². The minimum absolute atomic E-state index is 0.633. The molecule has 1 N–H and O–H groups in total. The van der Waals surface area contributed by atoms with Gasteiger partial charge in [-0.2, -0.15) is 0 Å². The van der Waals surface area contributed by atoms with Crippen LogP contribution < -0.4 is 5.32 Å². The summed E-state index contributed by atoms with van der Waals surface area (Å²) < 4.78 is 0. The lowest BCUT2D eigenvalue weighted by Gasteiger charge is -2.36. The van der Waals surface area contributed by atoms with Crippen LogP contribution in [0.2, 0.25) is 0 Å². The topological polar surface area (TPSA) is 28.2 Å². The minimum atomic E-state index is 0.633. The molecule has 112 valence electrons.